The van der Waals surface area contributed by atoms with Crippen molar-refractivity contribution in [3.05, 3.63) is 12.2 Å². The Morgan fingerprint density at radius 2 is 1.95 bits per heavy atom. The predicted octanol–water partition coefficient (Wildman–Crippen LogP) is 0.111. The van der Waals surface area contributed by atoms with Gasteiger partial charge < -0.3 is 14.8 Å². The van der Waals surface area contributed by atoms with E-state index in [1.807, 2.05) is 11.5 Å². The predicted molar refractivity (Wildman–Crippen MR) is 80.8 cm³/mol. The molecule has 2 heterocycles. The van der Waals surface area contributed by atoms with Gasteiger partial charge in [0.2, 0.25) is 5.91 Å². The smallest absolute Gasteiger partial charge is 0.237 e. The van der Waals surface area contributed by atoms with Crippen LogP contribution < -0.4 is 5.32 Å². The van der Waals surface area contributed by atoms with Crippen LogP contribution in [0.2, 0.25) is 0 Å². The van der Waals surface area contributed by atoms with Crippen molar-refractivity contribution in [3.63, 3.8) is 0 Å². The molecule has 2 rings (SSSR count). The highest BCUT2D eigenvalue weighted by atomic mass is 16.2. The molecule has 118 valence electrons. The summed E-state index contributed by atoms with van der Waals surface area (Å²) in [4.78, 5) is 16.8. The summed E-state index contributed by atoms with van der Waals surface area (Å²) in [6.07, 6.45) is 1.70. The van der Waals surface area contributed by atoms with Gasteiger partial charge in [-0.05, 0) is 27.8 Å². The number of nitrogens with one attached hydrogen (secondary N) is 1. The van der Waals surface area contributed by atoms with Crippen molar-refractivity contribution < 1.29 is 4.79 Å². The third-order valence-corrected chi connectivity index (χ3v) is 4.09. The van der Waals surface area contributed by atoms with Crippen molar-refractivity contribution in [2.75, 3.05) is 33.2 Å². The molecule has 1 saturated heterocycles. The number of aromatic nitrogens is 3. The van der Waals surface area contributed by atoms with E-state index in [0.717, 1.165) is 32.0 Å². The first-order chi connectivity index (χ1) is 9.99. The maximum atomic E-state index is 12.3. The molecule has 1 amide bonds. The van der Waals surface area contributed by atoms with Crippen molar-refractivity contribution in [1.82, 2.24) is 29.9 Å². The third kappa shape index (κ3) is 4.01. The lowest BCUT2D eigenvalue weighted by atomic mass is 10.2. The number of carbonyl (C=O) groups is 1. The first kappa shape index (κ1) is 15.9. The van der Waals surface area contributed by atoms with E-state index in [1.54, 1.807) is 6.33 Å². The monoisotopic (exact) mass is 294 g/mol. The van der Waals surface area contributed by atoms with Gasteiger partial charge in [-0.3, -0.25) is 9.69 Å². The Labute approximate surface area is 126 Å². The minimum atomic E-state index is -0.103. The van der Waals surface area contributed by atoms with Crippen molar-refractivity contribution in [2.45, 2.75) is 39.4 Å². The number of amides is 1. The Bertz CT molecular complexity index is 464. The molecule has 1 aromatic heterocycles. The lowest BCUT2D eigenvalue weighted by molar-refractivity contribution is -0.126. The second-order valence-electron chi connectivity index (χ2n) is 5.98. The Balaban J connectivity index is 1.85. The fraction of sp³-hybridized carbons (Fsp3) is 0.786. The van der Waals surface area contributed by atoms with Gasteiger partial charge in [0, 0.05) is 32.2 Å². The van der Waals surface area contributed by atoms with Gasteiger partial charge in [0.25, 0.3) is 0 Å². The topological polar surface area (TPSA) is 66.3 Å². The fourth-order valence-electron chi connectivity index (χ4n) is 2.51. The summed E-state index contributed by atoms with van der Waals surface area (Å²) in [6.45, 7) is 10.4. The number of carbonyl (C=O) groups excluding carboxylic acids is 1. The maximum Gasteiger partial charge on any atom is 0.237 e. The lowest BCUT2D eigenvalue weighted by Gasteiger charge is -2.35. The average molecular weight is 294 g/mol. The minimum Gasteiger partial charge on any atom is -0.347 e. The van der Waals surface area contributed by atoms with Crippen LogP contribution in [-0.2, 0) is 11.3 Å². The van der Waals surface area contributed by atoms with Crippen LogP contribution in [0.25, 0.3) is 0 Å². The Morgan fingerprint density at radius 3 is 2.57 bits per heavy atom. The maximum absolute atomic E-state index is 12.3. The molecule has 0 radical (unpaired) electrons. The van der Waals surface area contributed by atoms with Crippen molar-refractivity contribution >= 4 is 5.91 Å². The summed E-state index contributed by atoms with van der Waals surface area (Å²) in [5, 5.41) is 11.0. The molecule has 0 spiro atoms. The van der Waals surface area contributed by atoms with Crippen LogP contribution in [0.5, 0.6) is 0 Å². The van der Waals surface area contributed by atoms with E-state index < -0.39 is 0 Å². The van der Waals surface area contributed by atoms with E-state index in [2.05, 4.69) is 46.2 Å². The summed E-state index contributed by atoms with van der Waals surface area (Å²) in [6, 6.07) is 0.191. The number of likely N-dealkylation sites (N-methyl/N-ethyl adjacent to an activating group) is 1. The van der Waals surface area contributed by atoms with Gasteiger partial charge in [-0.15, -0.1) is 10.2 Å². The largest absolute Gasteiger partial charge is 0.347 e. The SMILES string of the molecule is CC(C)n1cnnc1CNC(=O)[C@H](C)N1CCN(C)CC1. The van der Waals surface area contributed by atoms with Gasteiger partial charge in [-0.1, -0.05) is 0 Å². The number of hydrogen-bond acceptors (Lipinski definition) is 5. The molecule has 0 aromatic carbocycles. The number of nitrogens with zero attached hydrogens (tertiary/aromatic N) is 5. The molecule has 0 aliphatic carbocycles. The normalized spacial score (nSPS) is 18.9. The number of hydrogen-bond donors (Lipinski definition) is 1. The molecule has 1 N–H and O–H groups in total. The number of rotatable bonds is 5. The Morgan fingerprint density at radius 1 is 1.29 bits per heavy atom. The minimum absolute atomic E-state index is 0.0536. The summed E-state index contributed by atoms with van der Waals surface area (Å²) in [5.74, 6) is 0.849. The van der Waals surface area contributed by atoms with Crippen molar-refractivity contribution in [2.24, 2.45) is 0 Å². The second-order valence-corrected chi connectivity index (χ2v) is 5.98. The van der Waals surface area contributed by atoms with E-state index in [4.69, 9.17) is 0 Å². The highest BCUT2D eigenvalue weighted by Crippen LogP contribution is 2.07. The molecular formula is C14H26N6O. The first-order valence-electron chi connectivity index (χ1n) is 7.57. The van der Waals surface area contributed by atoms with Gasteiger partial charge in [-0.25, -0.2) is 0 Å². The molecule has 0 bridgehead atoms. The molecule has 0 unspecified atom stereocenters. The van der Waals surface area contributed by atoms with Crippen LogP contribution in [-0.4, -0.2) is 69.7 Å². The van der Waals surface area contributed by atoms with E-state index >= 15 is 0 Å². The van der Waals surface area contributed by atoms with Gasteiger partial charge in [0.05, 0.1) is 12.6 Å². The van der Waals surface area contributed by atoms with Crippen LogP contribution in [0.3, 0.4) is 0 Å². The molecule has 1 fully saturated rings. The van der Waals surface area contributed by atoms with Crippen LogP contribution >= 0.6 is 0 Å². The molecule has 7 heteroatoms. The molecule has 1 aromatic rings. The molecule has 0 saturated carbocycles. The van der Waals surface area contributed by atoms with E-state index in [9.17, 15) is 4.79 Å². The zero-order valence-electron chi connectivity index (χ0n) is 13.4. The summed E-state index contributed by atoms with van der Waals surface area (Å²) >= 11 is 0. The molecular weight excluding hydrogens is 268 g/mol. The van der Waals surface area contributed by atoms with Crippen LogP contribution in [0.1, 0.15) is 32.6 Å². The molecule has 1 aliphatic heterocycles. The fourth-order valence-corrected chi connectivity index (χ4v) is 2.51. The van der Waals surface area contributed by atoms with E-state index in [0.29, 0.717) is 12.6 Å². The highest BCUT2D eigenvalue weighted by Gasteiger charge is 2.24. The van der Waals surface area contributed by atoms with E-state index in [-0.39, 0.29) is 11.9 Å². The quantitative estimate of drug-likeness (QED) is 0.835. The average Bonchev–Trinajstić information content (AvgIpc) is 2.93. The van der Waals surface area contributed by atoms with Gasteiger partial charge in [-0.2, -0.15) is 0 Å². The summed E-state index contributed by atoms with van der Waals surface area (Å²) < 4.78 is 1.97. The first-order valence-corrected chi connectivity index (χ1v) is 7.57. The van der Waals surface area contributed by atoms with Gasteiger partial charge >= 0.3 is 0 Å². The van der Waals surface area contributed by atoms with Crippen LogP contribution in [0, 0.1) is 0 Å². The Hall–Kier alpha value is -1.47. The summed E-state index contributed by atoms with van der Waals surface area (Å²) in [7, 11) is 2.11. The second kappa shape index (κ2) is 7.00. The zero-order chi connectivity index (χ0) is 15.4. The standard InChI is InChI=1S/C14H26N6O/c1-11(2)20-10-16-17-13(20)9-15-14(21)12(3)19-7-5-18(4)6-8-19/h10-12H,5-9H2,1-4H3,(H,15,21)/t12-/m0/s1. The molecule has 21 heavy (non-hydrogen) atoms. The van der Waals surface area contributed by atoms with Crippen molar-refractivity contribution in [3.8, 4) is 0 Å². The zero-order valence-corrected chi connectivity index (χ0v) is 13.4. The molecule has 7 nitrogen and oxygen atoms in total. The van der Waals surface area contributed by atoms with E-state index in [1.165, 1.54) is 0 Å². The van der Waals surface area contributed by atoms with Crippen molar-refractivity contribution in [1.29, 1.82) is 0 Å². The molecule has 1 aliphatic rings. The molecule has 1 atom stereocenters. The number of piperazine rings is 1. The Kier molecular flexibility index (Phi) is 5.30. The highest BCUT2D eigenvalue weighted by molar-refractivity contribution is 5.81. The van der Waals surface area contributed by atoms with Crippen LogP contribution in [0.4, 0.5) is 0 Å². The lowest BCUT2D eigenvalue weighted by Crippen LogP contribution is -2.52. The third-order valence-electron chi connectivity index (χ3n) is 4.09. The van der Waals surface area contributed by atoms with Gasteiger partial charge in [0.1, 0.15) is 6.33 Å². The summed E-state index contributed by atoms with van der Waals surface area (Å²) in [5.41, 5.74) is 0. The van der Waals surface area contributed by atoms with Crippen LogP contribution in [0.15, 0.2) is 6.33 Å². The van der Waals surface area contributed by atoms with Gasteiger partial charge in [0.15, 0.2) is 5.82 Å².